The molecule has 2 aromatic rings. The van der Waals surface area contributed by atoms with Crippen LogP contribution in [0.1, 0.15) is 24.2 Å². The Bertz CT molecular complexity index is 961. The van der Waals surface area contributed by atoms with Crippen molar-refractivity contribution in [3.8, 4) is 11.6 Å². The Labute approximate surface area is 177 Å². The molecule has 1 heterocycles. The highest BCUT2D eigenvalue weighted by Crippen LogP contribution is 2.29. The van der Waals surface area contributed by atoms with Gasteiger partial charge in [-0.15, -0.1) is 0 Å². The molecule has 1 amide bonds. The van der Waals surface area contributed by atoms with Crippen LogP contribution in [0, 0.1) is 0 Å². The monoisotopic (exact) mass is 437 g/mol. The van der Waals surface area contributed by atoms with E-state index < -0.39 is 15.9 Å². The lowest BCUT2D eigenvalue weighted by Gasteiger charge is -2.20. The fourth-order valence-electron chi connectivity index (χ4n) is 2.74. The summed E-state index contributed by atoms with van der Waals surface area (Å²) in [4.78, 5) is 16.9. The minimum Gasteiger partial charge on any atom is -0.495 e. The molecular weight excluding hydrogens is 410 g/mol. The first-order valence-electron chi connectivity index (χ1n) is 9.45. The van der Waals surface area contributed by atoms with Crippen molar-refractivity contribution < 1.29 is 27.4 Å². The van der Waals surface area contributed by atoms with Gasteiger partial charge in [0.05, 0.1) is 13.7 Å². The smallest absolute Gasteiger partial charge is 0.255 e. The number of aromatic nitrogens is 1. The molecule has 2 rings (SSSR count). The molecule has 0 saturated heterocycles. The number of benzene rings is 1. The highest BCUT2D eigenvalue weighted by atomic mass is 32.2. The second-order valence-electron chi connectivity index (χ2n) is 6.11. The van der Waals surface area contributed by atoms with Gasteiger partial charge in [0.1, 0.15) is 22.9 Å². The largest absolute Gasteiger partial charge is 0.495 e. The van der Waals surface area contributed by atoms with Crippen molar-refractivity contribution in [3.63, 3.8) is 0 Å². The fraction of sp³-hybridized carbons (Fsp3) is 0.400. The Balaban J connectivity index is 2.34. The minimum atomic E-state index is -3.82. The lowest BCUT2D eigenvalue weighted by atomic mass is 10.2. The zero-order chi connectivity index (χ0) is 22.1. The van der Waals surface area contributed by atoms with Crippen LogP contribution >= 0.6 is 0 Å². The summed E-state index contributed by atoms with van der Waals surface area (Å²) in [5.41, 5.74) is 0.524. The number of ether oxygens (including phenoxy) is 3. The van der Waals surface area contributed by atoms with Crippen molar-refractivity contribution in [1.29, 1.82) is 0 Å². The molecule has 164 valence electrons. The van der Waals surface area contributed by atoms with Crippen LogP contribution in [0.5, 0.6) is 11.6 Å². The number of nitrogens with one attached hydrogen (secondary N) is 1. The molecule has 0 bridgehead atoms. The highest BCUT2D eigenvalue weighted by Gasteiger charge is 2.27. The van der Waals surface area contributed by atoms with E-state index in [0.717, 1.165) is 0 Å². The van der Waals surface area contributed by atoms with Crippen molar-refractivity contribution in [2.24, 2.45) is 0 Å². The van der Waals surface area contributed by atoms with Crippen molar-refractivity contribution in [2.75, 3.05) is 45.8 Å². The van der Waals surface area contributed by atoms with Gasteiger partial charge in [-0.05, 0) is 30.3 Å². The molecule has 0 aliphatic heterocycles. The van der Waals surface area contributed by atoms with Crippen LogP contribution in [0.25, 0.3) is 0 Å². The lowest BCUT2D eigenvalue weighted by molar-refractivity contribution is 0.102. The summed E-state index contributed by atoms with van der Waals surface area (Å²) >= 11 is 0. The van der Waals surface area contributed by atoms with E-state index in [2.05, 4.69) is 10.3 Å². The summed E-state index contributed by atoms with van der Waals surface area (Å²) in [6, 6.07) is 7.57. The Morgan fingerprint density at radius 1 is 1.13 bits per heavy atom. The second-order valence-corrected chi connectivity index (χ2v) is 8.01. The molecule has 0 aliphatic carbocycles. The van der Waals surface area contributed by atoms with Crippen LogP contribution in [-0.2, 0) is 14.8 Å². The van der Waals surface area contributed by atoms with Gasteiger partial charge in [0.15, 0.2) is 0 Å². The Morgan fingerprint density at radius 2 is 1.87 bits per heavy atom. The Kier molecular flexibility index (Phi) is 8.58. The first-order valence-corrected chi connectivity index (χ1v) is 10.9. The van der Waals surface area contributed by atoms with E-state index in [4.69, 9.17) is 14.2 Å². The summed E-state index contributed by atoms with van der Waals surface area (Å²) in [7, 11) is -0.880. The van der Waals surface area contributed by atoms with Gasteiger partial charge < -0.3 is 19.5 Å². The van der Waals surface area contributed by atoms with E-state index in [-0.39, 0.29) is 28.7 Å². The third kappa shape index (κ3) is 5.47. The number of hydrogen-bond acceptors (Lipinski definition) is 7. The molecule has 0 aliphatic rings. The molecule has 0 spiro atoms. The first kappa shape index (κ1) is 23.6. The van der Waals surface area contributed by atoms with Gasteiger partial charge in [0.2, 0.25) is 15.9 Å². The summed E-state index contributed by atoms with van der Waals surface area (Å²) in [5, 5.41) is 2.71. The zero-order valence-electron chi connectivity index (χ0n) is 17.5. The van der Waals surface area contributed by atoms with Crippen LogP contribution < -0.4 is 14.8 Å². The predicted octanol–water partition coefficient (Wildman–Crippen LogP) is 2.40. The molecule has 1 N–H and O–H groups in total. The van der Waals surface area contributed by atoms with Gasteiger partial charge in [0.25, 0.3) is 5.91 Å². The number of pyridine rings is 1. The van der Waals surface area contributed by atoms with Crippen LogP contribution in [0.15, 0.2) is 41.4 Å². The topological polar surface area (TPSA) is 107 Å². The fourth-order valence-corrected chi connectivity index (χ4v) is 4.38. The van der Waals surface area contributed by atoms with Gasteiger partial charge in [-0.25, -0.2) is 13.4 Å². The summed E-state index contributed by atoms with van der Waals surface area (Å²) < 4.78 is 42.9. The number of carbonyl (C=O) groups excluding carboxylic acids is 1. The molecular formula is C20H27N3O6S. The predicted molar refractivity (Wildman–Crippen MR) is 113 cm³/mol. The van der Waals surface area contributed by atoms with E-state index in [9.17, 15) is 13.2 Å². The quantitative estimate of drug-likeness (QED) is 0.538. The van der Waals surface area contributed by atoms with Crippen LogP contribution in [0.3, 0.4) is 0 Å². The minimum absolute atomic E-state index is 0.0656. The van der Waals surface area contributed by atoms with Crippen molar-refractivity contribution in [3.05, 3.63) is 42.1 Å². The third-order valence-corrected chi connectivity index (χ3v) is 6.37. The normalized spacial score (nSPS) is 11.4. The van der Waals surface area contributed by atoms with Gasteiger partial charge in [-0.2, -0.15) is 4.31 Å². The molecule has 30 heavy (non-hydrogen) atoms. The van der Waals surface area contributed by atoms with Gasteiger partial charge in [-0.1, -0.05) is 13.8 Å². The standard InChI is InChI=1S/C20H27N3O6S/c1-5-23(6-2)30(25,26)18-14-15(9-10-17(18)28-4)19(24)22-16-8-7-11-21-20(16)29-13-12-27-3/h7-11,14H,5-6,12-13H2,1-4H3,(H,22,24). The van der Waals surface area contributed by atoms with E-state index in [1.54, 1.807) is 39.3 Å². The van der Waals surface area contributed by atoms with Gasteiger partial charge in [-0.3, -0.25) is 4.79 Å². The van der Waals surface area contributed by atoms with Gasteiger partial charge >= 0.3 is 0 Å². The Morgan fingerprint density at radius 3 is 2.50 bits per heavy atom. The summed E-state index contributed by atoms with van der Waals surface area (Å²) in [5.74, 6) is -0.0888. The number of nitrogens with zero attached hydrogens (tertiary/aromatic N) is 2. The Hall–Kier alpha value is -2.69. The van der Waals surface area contributed by atoms with Crippen molar-refractivity contribution in [1.82, 2.24) is 9.29 Å². The molecule has 1 aromatic carbocycles. The average molecular weight is 438 g/mol. The second kappa shape index (κ2) is 10.9. The van der Waals surface area contributed by atoms with E-state index in [1.807, 2.05) is 0 Å². The molecule has 10 heteroatoms. The van der Waals surface area contributed by atoms with Crippen molar-refractivity contribution in [2.45, 2.75) is 18.7 Å². The number of rotatable bonds is 11. The molecule has 0 atom stereocenters. The van der Waals surface area contributed by atoms with E-state index in [0.29, 0.717) is 25.4 Å². The molecule has 0 fully saturated rings. The SMILES string of the molecule is CCN(CC)S(=O)(=O)c1cc(C(=O)Nc2cccnc2OCCOC)ccc1OC. The molecule has 9 nitrogen and oxygen atoms in total. The number of sulfonamides is 1. The lowest BCUT2D eigenvalue weighted by Crippen LogP contribution is -2.31. The number of carbonyl (C=O) groups is 1. The maximum Gasteiger partial charge on any atom is 0.255 e. The first-order chi connectivity index (χ1) is 14.4. The maximum absolute atomic E-state index is 13.0. The van der Waals surface area contributed by atoms with Crippen LogP contribution in [0.4, 0.5) is 5.69 Å². The zero-order valence-corrected chi connectivity index (χ0v) is 18.4. The molecule has 0 unspecified atom stereocenters. The van der Waals surface area contributed by atoms with E-state index >= 15 is 0 Å². The van der Waals surface area contributed by atoms with Crippen LogP contribution in [-0.4, -0.2) is 64.1 Å². The van der Waals surface area contributed by atoms with Crippen LogP contribution in [0.2, 0.25) is 0 Å². The summed E-state index contributed by atoms with van der Waals surface area (Å²) in [6.07, 6.45) is 1.54. The number of amides is 1. The third-order valence-electron chi connectivity index (χ3n) is 4.29. The van der Waals surface area contributed by atoms with Crippen molar-refractivity contribution >= 4 is 21.6 Å². The number of hydrogen-bond donors (Lipinski definition) is 1. The number of methoxy groups -OCH3 is 2. The number of anilines is 1. The van der Waals surface area contributed by atoms with E-state index in [1.165, 1.54) is 29.6 Å². The maximum atomic E-state index is 13.0. The highest BCUT2D eigenvalue weighted by molar-refractivity contribution is 7.89. The average Bonchev–Trinajstić information content (AvgIpc) is 2.75. The molecule has 0 saturated carbocycles. The molecule has 0 radical (unpaired) electrons. The van der Waals surface area contributed by atoms with Gasteiger partial charge in [0, 0.05) is 32.0 Å². The molecule has 1 aromatic heterocycles. The summed E-state index contributed by atoms with van der Waals surface area (Å²) in [6.45, 7) is 4.74.